The summed E-state index contributed by atoms with van der Waals surface area (Å²) in [6, 6.07) is -0.217. The van der Waals surface area contributed by atoms with Crippen molar-refractivity contribution in [2.45, 2.75) is 26.7 Å². The molecule has 2 amide bonds. The Balaban J connectivity index is 2.37. The maximum atomic E-state index is 12.0. The first-order valence-electron chi connectivity index (χ1n) is 7.39. The summed E-state index contributed by atoms with van der Waals surface area (Å²) in [4.78, 5) is 25.1. The van der Waals surface area contributed by atoms with Gasteiger partial charge in [0.05, 0.1) is 18.6 Å². The Hall–Kier alpha value is -1.56. The van der Waals surface area contributed by atoms with Gasteiger partial charge in [-0.3, -0.25) is 4.79 Å². The molecule has 0 aromatic heterocycles. The van der Waals surface area contributed by atoms with Crippen molar-refractivity contribution in [3.8, 4) is 0 Å². The van der Waals surface area contributed by atoms with Crippen LogP contribution in [0.25, 0.3) is 0 Å². The van der Waals surface area contributed by atoms with Crippen LogP contribution in [-0.4, -0.2) is 54.9 Å². The molecule has 0 spiro atoms. The van der Waals surface area contributed by atoms with Crippen molar-refractivity contribution in [2.75, 3.05) is 32.8 Å². The van der Waals surface area contributed by atoms with E-state index in [0.29, 0.717) is 32.7 Å². The molecule has 1 aliphatic heterocycles. The van der Waals surface area contributed by atoms with Gasteiger partial charge in [0.15, 0.2) is 0 Å². The van der Waals surface area contributed by atoms with Crippen molar-refractivity contribution >= 4 is 12.0 Å². The summed E-state index contributed by atoms with van der Waals surface area (Å²) in [5.74, 6) is -0.824. The van der Waals surface area contributed by atoms with Gasteiger partial charge >= 0.3 is 12.0 Å². The van der Waals surface area contributed by atoms with Crippen LogP contribution in [0, 0.1) is 11.3 Å². The minimum atomic E-state index is -0.822. The van der Waals surface area contributed by atoms with Gasteiger partial charge in [-0.25, -0.2) is 4.79 Å². The van der Waals surface area contributed by atoms with E-state index in [1.54, 1.807) is 11.0 Å². The highest BCUT2D eigenvalue weighted by molar-refractivity contribution is 5.80. The summed E-state index contributed by atoms with van der Waals surface area (Å²) in [5.41, 5.74) is -0.822. The van der Waals surface area contributed by atoms with E-state index in [4.69, 9.17) is 4.74 Å². The molecule has 1 heterocycles. The minimum absolute atomic E-state index is 0.00460. The fourth-order valence-corrected chi connectivity index (χ4v) is 2.51. The molecular weight excluding hydrogens is 272 g/mol. The molecule has 0 radical (unpaired) electrons. The van der Waals surface area contributed by atoms with E-state index >= 15 is 0 Å². The van der Waals surface area contributed by atoms with Crippen molar-refractivity contribution < 1.29 is 19.4 Å². The number of hydrogen-bond acceptors (Lipinski definition) is 3. The third-order valence-electron chi connectivity index (χ3n) is 4.11. The van der Waals surface area contributed by atoms with Gasteiger partial charge in [0, 0.05) is 19.6 Å². The molecule has 6 heteroatoms. The summed E-state index contributed by atoms with van der Waals surface area (Å²) >= 11 is 0. The van der Waals surface area contributed by atoms with Gasteiger partial charge in [-0.2, -0.15) is 0 Å². The summed E-state index contributed by atoms with van der Waals surface area (Å²) < 4.78 is 5.31. The second kappa shape index (κ2) is 8.02. The van der Waals surface area contributed by atoms with E-state index < -0.39 is 11.4 Å². The predicted octanol–water partition coefficient (Wildman–Crippen LogP) is 1.72. The summed E-state index contributed by atoms with van der Waals surface area (Å²) in [7, 11) is 0. The Morgan fingerprint density at radius 1 is 1.48 bits per heavy atom. The number of carbonyl (C=O) groups is 2. The van der Waals surface area contributed by atoms with Crippen LogP contribution >= 0.6 is 0 Å². The number of carboxylic acid groups (broad SMARTS) is 1. The van der Waals surface area contributed by atoms with Crippen LogP contribution in [0.4, 0.5) is 4.79 Å². The van der Waals surface area contributed by atoms with E-state index in [-0.39, 0.29) is 18.5 Å². The van der Waals surface area contributed by atoms with E-state index in [9.17, 15) is 14.7 Å². The zero-order valence-electron chi connectivity index (χ0n) is 12.9. The highest BCUT2D eigenvalue weighted by Gasteiger charge is 2.48. The molecule has 21 heavy (non-hydrogen) atoms. The van der Waals surface area contributed by atoms with Crippen LogP contribution in [0.5, 0.6) is 0 Å². The van der Waals surface area contributed by atoms with Gasteiger partial charge in [0.25, 0.3) is 0 Å². The van der Waals surface area contributed by atoms with Crippen LogP contribution < -0.4 is 5.32 Å². The fourth-order valence-electron chi connectivity index (χ4n) is 2.51. The average Bonchev–Trinajstić information content (AvgIpc) is 2.89. The third kappa shape index (κ3) is 4.46. The first-order valence-corrected chi connectivity index (χ1v) is 7.39. The van der Waals surface area contributed by atoms with E-state index in [2.05, 4.69) is 11.9 Å². The van der Waals surface area contributed by atoms with Gasteiger partial charge in [-0.05, 0) is 18.8 Å². The number of nitrogens with zero attached hydrogens (tertiary/aromatic N) is 1. The standard InChI is InChI=1S/C15H26N2O4/c1-4-5-9-21-10-7-16-14(20)17-8-6-15(11-17,12(2)3)13(18)19/h4,12H,1,5-11H2,2-3H3,(H,16,20)(H,18,19). The molecule has 1 unspecified atom stereocenters. The Morgan fingerprint density at radius 2 is 2.19 bits per heavy atom. The van der Waals surface area contributed by atoms with Crippen molar-refractivity contribution in [3.63, 3.8) is 0 Å². The zero-order valence-corrected chi connectivity index (χ0v) is 12.9. The molecule has 0 aromatic carbocycles. The lowest BCUT2D eigenvalue weighted by Crippen LogP contribution is -2.44. The Bertz CT molecular complexity index is 384. The highest BCUT2D eigenvalue weighted by Crippen LogP contribution is 2.38. The number of hydrogen-bond donors (Lipinski definition) is 2. The zero-order chi connectivity index (χ0) is 15.9. The molecule has 0 saturated carbocycles. The van der Waals surface area contributed by atoms with Crippen LogP contribution in [0.1, 0.15) is 26.7 Å². The Labute approximate surface area is 126 Å². The number of carbonyl (C=O) groups excluding carboxylic acids is 1. The maximum Gasteiger partial charge on any atom is 0.317 e. The average molecular weight is 298 g/mol. The largest absolute Gasteiger partial charge is 0.481 e. The molecule has 1 saturated heterocycles. The van der Waals surface area contributed by atoms with Crippen LogP contribution in [-0.2, 0) is 9.53 Å². The number of aliphatic carboxylic acids is 1. The first kappa shape index (κ1) is 17.5. The van der Waals surface area contributed by atoms with Gasteiger partial charge in [0.2, 0.25) is 0 Å². The van der Waals surface area contributed by atoms with Crippen LogP contribution in [0.3, 0.4) is 0 Å². The monoisotopic (exact) mass is 298 g/mol. The molecule has 1 atom stereocenters. The molecule has 1 aliphatic rings. The number of nitrogens with one attached hydrogen (secondary N) is 1. The first-order chi connectivity index (χ1) is 9.94. The van der Waals surface area contributed by atoms with Crippen molar-refractivity contribution in [2.24, 2.45) is 11.3 Å². The number of ether oxygens (including phenoxy) is 1. The van der Waals surface area contributed by atoms with Crippen molar-refractivity contribution in [1.29, 1.82) is 0 Å². The fraction of sp³-hybridized carbons (Fsp3) is 0.733. The van der Waals surface area contributed by atoms with Gasteiger partial charge in [-0.15, -0.1) is 6.58 Å². The van der Waals surface area contributed by atoms with E-state index in [0.717, 1.165) is 6.42 Å². The second-order valence-corrected chi connectivity index (χ2v) is 5.71. The lowest BCUT2D eigenvalue weighted by Gasteiger charge is -2.28. The van der Waals surface area contributed by atoms with Gasteiger partial charge < -0.3 is 20.1 Å². The van der Waals surface area contributed by atoms with Crippen molar-refractivity contribution in [3.05, 3.63) is 12.7 Å². The lowest BCUT2D eigenvalue weighted by atomic mass is 9.76. The number of rotatable bonds is 8. The Morgan fingerprint density at radius 3 is 2.71 bits per heavy atom. The maximum absolute atomic E-state index is 12.0. The van der Waals surface area contributed by atoms with Gasteiger partial charge in [-0.1, -0.05) is 19.9 Å². The summed E-state index contributed by atoms with van der Waals surface area (Å²) in [6.07, 6.45) is 3.07. The minimum Gasteiger partial charge on any atom is -0.481 e. The number of likely N-dealkylation sites (tertiary alicyclic amines) is 1. The van der Waals surface area contributed by atoms with E-state index in [1.807, 2.05) is 13.8 Å². The quantitative estimate of drug-likeness (QED) is 0.528. The molecule has 6 nitrogen and oxygen atoms in total. The van der Waals surface area contributed by atoms with Crippen LogP contribution in [0.15, 0.2) is 12.7 Å². The molecule has 0 aromatic rings. The topological polar surface area (TPSA) is 78.9 Å². The number of amides is 2. The second-order valence-electron chi connectivity index (χ2n) is 5.71. The smallest absolute Gasteiger partial charge is 0.317 e. The molecule has 2 N–H and O–H groups in total. The van der Waals surface area contributed by atoms with E-state index in [1.165, 1.54) is 0 Å². The number of carboxylic acids is 1. The summed E-state index contributed by atoms with van der Waals surface area (Å²) in [5, 5.41) is 12.2. The highest BCUT2D eigenvalue weighted by atomic mass is 16.5. The molecule has 0 bridgehead atoms. The molecule has 120 valence electrons. The van der Waals surface area contributed by atoms with Gasteiger partial charge in [0.1, 0.15) is 0 Å². The SMILES string of the molecule is C=CCCOCCNC(=O)N1CCC(C(=O)O)(C(C)C)C1. The number of urea groups is 1. The Kier molecular flexibility index (Phi) is 6.68. The lowest BCUT2D eigenvalue weighted by molar-refractivity contribution is -0.150. The third-order valence-corrected chi connectivity index (χ3v) is 4.11. The molecular formula is C15H26N2O4. The van der Waals surface area contributed by atoms with Crippen molar-refractivity contribution in [1.82, 2.24) is 10.2 Å². The normalized spacial score (nSPS) is 21.6. The molecule has 1 fully saturated rings. The van der Waals surface area contributed by atoms with Crippen LogP contribution in [0.2, 0.25) is 0 Å². The molecule has 1 rings (SSSR count). The predicted molar refractivity (Wildman–Crippen MR) is 80.1 cm³/mol. The molecule has 0 aliphatic carbocycles. The summed E-state index contributed by atoms with van der Waals surface area (Å²) in [6.45, 7) is 9.59.